The minimum Gasteiger partial charge on any atom is -0.503 e. The number of pyridine rings is 1. The van der Waals surface area contributed by atoms with E-state index in [-0.39, 0.29) is 11.2 Å². The second kappa shape index (κ2) is 7.59. The van der Waals surface area contributed by atoms with Gasteiger partial charge in [-0.05, 0) is 42.3 Å². The normalized spacial score (nSPS) is 17.1. The van der Waals surface area contributed by atoms with Gasteiger partial charge >= 0.3 is 0 Å². The maximum absolute atomic E-state index is 11.6. The maximum atomic E-state index is 11.6. The molecule has 2 aromatic carbocycles. The smallest absolute Gasteiger partial charge is 0.223 e. The monoisotopic (exact) mass is 412 g/mol. The number of rotatable bonds is 3. The molecule has 0 unspecified atom stereocenters. The van der Waals surface area contributed by atoms with Crippen LogP contribution in [0.25, 0.3) is 16.8 Å². The minimum absolute atomic E-state index is 0.273. The first-order chi connectivity index (χ1) is 13.8. The highest BCUT2D eigenvalue weighted by molar-refractivity contribution is 8.24. The van der Waals surface area contributed by atoms with Crippen molar-refractivity contribution in [1.82, 2.24) is 4.57 Å². The minimum atomic E-state index is -2.41. The first-order valence-corrected chi connectivity index (χ1v) is 11.3. The Bertz CT molecular complexity index is 1080. The summed E-state index contributed by atoms with van der Waals surface area (Å²) in [7, 11) is -2.41. The first-order valence-electron chi connectivity index (χ1n) is 9.44. The molecule has 0 radical (unpaired) electrons. The van der Waals surface area contributed by atoms with E-state index in [2.05, 4.69) is 11.0 Å². The lowest BCUT2D eigenvalue weighted by molar-refractivity contribution is 0.464. The largest absolute Gasteiger partial charge is 0.503 e. The van der Waals surface area contributed by atoms with Gasteiger partial charge in [0.05, 0.1) is 17.7 Å². The molecule has 152 valence electrons. The van der Waals surface area contributed by atoms with E-state index in [0.717, 1.165) is 28.2 Å². The number of nitrogens with zero attached hydrogens (tertiary/aromatic N) is 2. The van der Waals surface area contributed by atoms with Gasteiger partial charge in [-0.25, -0.2) is 0 Å². The van der Waals surface area contributed by atoms with E-state index >= 15 is 0 Å². The lowest BCUT2D eigenvalue weighted by Crippen LogP contribution is -2.38. The molecule has 1 aliphatic heterocycles. The van der Waals surface area contributed by atoms with Gasteiger partial charge in [0.25, 0.3) is 0 Å². The van der Waals surface area contributed by atoms with E-state index in [9.17, 15) is 19.0 Å². The molecule has 3 N–H and O–H groups in total. The molecule has 1 aromatic heterocycles. The quantitative estimate of drug-likeness (QED) is 0.603. The number of aromatic nitrogens is 1. The van der Waals surface area contributed by atoms with Crippen LogP contribution in [0.2, 0.25) is 0 Å². The predicted octanol–water partition coefficient (Wildman–Crippen LogP) is 4.09. The Labute approximate surface area is 171 Å². The molecule has 4 rings (SSSR count). The molecule has 29 heavy (non-hydrogen) atoms. The number of hydrogen-bond acceptors (Lipinski definition) is 5. The summed E-state index contributed by atoms with van der Waals surface area (Å²) in [6.45, 7) is 3.10. The topological polar surface area (TPSA) is 85.9 Å². The van der Waals surface area contributed by atoms with Gasteiger partial charge in [-0.3, -0.25) is 13.9 Å². The van der Waals surface area contributed by atoms with Crippen LogP contribution in [0.5, 0.6) is 5.75 Å². The third-order valence-corrected chi connectivity index (χ3v) is 6.96. The van der Waals surface area contributed by atoms with Crippen LogP contribution in [-0.2, 0) is 0 Å². The van der Waals surface area contributed by atoms with E-state index in [1.165, 1.54) is 12.3 Å². The Kier molecular flexibility index (Phi) is 5.12. The molecule has 1 aliphatic rings. The van der Waals surface area contributed by atoms with Crippen molar-refractivity contribution in [3.63, 3.8) is 0 Å². The molecule has 0 aliphatic carbocycles. The van der Waals surface area contributed by atoms with Crippen LogP contribution in [-0.4, -0.2) is 43.4 Å². The van der Waals surface area contributed by atoms with Crippen molar-refractivity contribution in [2.24, 2.45) is 0 Å². The van der Waals surface area contributed by atoms with Crippen LogP contribution in [0.1, 0.15) is 5.69 Å². The standard InChI is InChI=1S/C22H24N2O4S/c1-16-13-21(25)22(26)15-24(16)19-7-5-17(6-8-19)18-3-2-4-20(14-18)23-9-11-29(27,28)12-10-23/h2-8,13-15,26-28H,9-12H2,1H3. The Morgan fingerprint density at radius 1 is 0.897 bits per heavy atom. The summed E-state index contributed by atoms with van der Waals surface area (Å²) >= 11 is 0. The molecule has 0 spiro atoms. The number of benzene rings is 2. The van der Waals surface area contributed by atoms with Crippen LogP contribution in [0.4, 0.5) is 5.69 Å². The van der Waals surface area contributed by atoms with E-state index in [1.807, 2.05) is 49.4 Å². The molecule has 0 amide bonds. The van der Waals surface area contributed by atoms with Gasteiger partial charge < -0.3 is 14.6 Å². The van der Waals surface area contributed by atoms with Crippen LogP contribution in [0, 0.1) is 6.92 Å². The first kappa shape index (κ1) is 19.6. The van der Waals surface area contributed by atoms with E-state index in [1.54, 1.807) is 4.57 Å². The average molecular weight is 413 g/mol. The van der Waals surface area contributed by atoms with Gasteiger partial charge in [0.2, 0.25) is 5.43 Å². The van der Waals surface area contributed by atoms with Crippen LogP contribution >= 0.6 is 10.6 Å². The zero-order valence-corrected chi connectivity index (χ0v) is 17.0. The Balaban J connectivity index is 1.59. The Morgan fingerprint density at radius 2 is 1.59 bits per heavy atom. The molecular formula is C22H24N2O4S. The highest BCUT2D eigenvalue weighted by Crippen LogP contribution is 2.41. The highest BCUT2D eigenvalue weighted by atomic mass is 32.3. The fourth-order valence-corrected chi connectivity index (χ4v) is 4.81. The van der Waals surface area contributed by atoms with Gasteiger partial charge in [0, 0.05) is 36.2 Å². The van der Waals surface area contributed by atoms with E-state index < -0.39 is 10.6 Å². The van der Waals surface area contributed by atoms with Gasteiger partial charge in [0.1, 0.15) is 0 Å². The molecule has 7 heteroatoms. The summed E-state index contributed by atoms with van der Waals surface area (Å²) in [4.78, 5) is 13.7. The lowest BCUT2D eigenvalue weighted by Gasteiger charge is -2.42. The second-order valence-corrected chi connectivity index (χ2v) is 9.75. The van der Waals surface area contributed by atoms with Crippen molar-refractivity contribution < 1.29 is 14.2 Å². The van der Waals surface area contributed by atoms with Crippen molar-refractivity contribution in [2.75, 3.05) is 29.5 Å². The number of anilines is 1. The van der Waals surface area contributed by atoms with Crippen molar-refractivity contribution in [3.8, 4) is 22.6 Å². The zero-order chi connectivity index (χ0) is 20.6. The molecule has 2 heterocycles. The Morgan fingerprint density at radius 3 is 2.28 bits per heavy atom. The molecular weight excluding hydrogens is 388 g/mol. The Hall–Kier alpha value is -2.74. The van der Waals surface area contributed by atoms with E-state index in [4.69, 9.17) is 0 Å². The van der Waals surface area contributed by atoms with Crippen molar-refractivity contribution >= 4 is 16.3 Å². The van der Waals surface area contributed by atoms with Gasteiger partial charge in [0.15, 0.2) is 5.75 Å². The fraction of sp³-hybridized carbons (Fsp3) is 0.227. The van der Waals surface area contributed by atoms with Crippen LogP contribution < -0.4 is 10.3 Å². The molecule has 0 saturated carbocycles. The van der Waals surface area contributed by atoms with Crippen molar-refractivity contribution in [1.29, 1.82) is 0 Å². The second-order valence-electron chi connectivity index (χ2n) is 7.33. The summed E-state index contributed by atoms with van der Waals surface area (Å²) < 4.78 is 21.4. The number of aryl methyl sites for hydroxylation is 1. The van der Waals surface area contributed by atoms with Crippen LogP contribution in [0.3, 0.4) is 0 Å². The van der Waals surface area contributed by atoms with Gasteiger partial charge in [-0.2, -0.15) is 10.6 Å². The van der Waals surface area contributed by atoms with Crippen molar-refractivity contribution in [3.05, 3.63) is 76.7 Å². The summed E-state index contributed by atoms with van der Waals surface area (Å²) in [5.74, 6) is 0.556. The molecule has 0 bridgehead atoms. The number of hydrogen-bond donors (Lipinski definition) is 3. The van der Waals surface area contributed by atoms with Gasteiger partial charge in [-0.1, -0.05) is 24.3 Å². The molecule has 3 aromatic rings. The molecule has 6 nitrogen and oxygen atoms in total. The molecule has 1 fully saturated rings. The predicted molar refractivity (Wildman–Crippen MR) is 119 cm³/mol. The van der Waals surface area contributed by atoms with E-state index in [0.29, 0.717) is 24.6 Å². The third kappa shape index (κ3) is 4.17. The fourth-order valence-electron chi connectivity index (χ4n) is 3.58. The summed E-state index contributed by atoms with van der Waals surface area (Å²) in [5, 5.41) is 9.74. The summed E-state index contributed by atoms with van der Waals surface area (Å²) in [6.07, 6.45) is 1.44. The lowest BCUT2D eigenvalue weighted by atomic mass is 10.0. The van der Waals surface area contributed by atoms with Crippen LogP contribution in [0.15, 0.2) is 65.6 Å². The average Bonchev–Trinajstić information content (AvgIpc) is 2.71. The number of aromatic hydroxyl groups is 1. The SMILES string of the molecule is Cc1cc(=O)c(O)cn1-c1ccc(-c2cccc(N3CCS(O)(O)CC3)c2)cc1. The molecule has 1 saturated heterocycles. The van der Waals surface area contributed by atoms with Crippen molar-refractivity contribution in [2.45, 2.75) is 6.92 Å². The maximum Gasteiger partial charge on any atom is 0.223 e. The summed E-state index contributed by atoms with van der Waals surface area (Å²) in [5.41, 5.74) is 4.43. The zero-order valence-electron chi connectivity index (χ0n) is 16.2. The molecule has 0 atom stereocenters. The third-order valence-electron chi connectivity index (χ3n) is 5.29. The summed E-state index contributed by atoms with van der Waals surface area (Å²) in [6, 6.07) is 17.6. The highest BCUT2D eigenvalue weighted by Gasteiger charge is 2.22. The van der Waals surface area contributed by atoms with Gasteiger partial charge in [-0.15, -0.1) is 0 Å².